The lowest BCUT2D eigenvalue weighted by atomic mass is 9.43. The van der Waals surface area contributed by atoms with Crippen molar-refractivity contribution in [2.24, 2.45) is 28.6 Å². The first kappa shape index (κ1) is 19.0. The van der Waals surface area contributed by atoms with Gasteiger partial charge in [0, 0.05) is 29.6 Å². The molecule has 0 radical (unpaired) electrons. The Morgan fingerprint density at radius 2 is 1.97 bits per heavy atom. The van der Waals surface area contributed by atoms with Crippen molar-refractivity contribution in [3.63, 3.8) is 0 Å². The van der Waals surface area contributed by atoms with Crippen LogP contribution in [0.3, 0.4) is 0 Å². The molecule has 0 aromatic carbocycles. The van der Waals surface area contributed by atoms with E-state index in [0.717, 1.165) is 37.7 Å². The van der Waals surface area contributed by atoms with E-state index in [1.807, 2.05) is 0 Å². The van der Waals surface area contributed by atoms with Crippen LogP contribution in [0.5, 0.6) is 0 Å². The second kappa shape index (κ2) is 5.56. The molecule has 2 saturated heterocycles. The molecule has 2 spiro atoms. The zero-order valence-corrected chi connectivity index (χ0v) is 18.0. The molecule has 2 heterocycles. The first-order valence-electron chi connectivity index (χ1n) is 11.4. The van der Waals surface area contributed by atoms with Crippen molar-refractivity contribution < 1.29 is 28.6 Å². The third kappa shape index (κ3) is 1.94. The summed E-state index contributed by atoms with van der Waals surface area (Å²) in [5.41, 5.74) is -0.175. The molecule has 6 rings (SSSR count). The van der Waals surface area contributed by atoms with Crippen LogP contribution in [-0.2, 0) is 28.6 Å². The van der Waals surface area contributed by atoms with E-state index in [0.29, 0.717) is 19.3 Å². The molecule has 8 atom stereocenters. The maximum Gasteiger partial charge on any atom is 0.309 e. The lowest BCUT2D eigenvalue weighted by Gasteiger charge is -2.58. The van der Waals surface area contributed by atoms with Crippen molar-refractivity contribution in [3.8, 4) is 0 Å². The van der Waals surface area contributed by atoms with E-state index in [1.54, 1.807) is 6.08 Å². The number of esters is 2. The molecule has 6 heteroatoms. The lowest BCUT2D eigenvalue weighted by Crippen LogP contribution is -2.63. The summed E-state index contributed by atoms with van der Waals surface area (Å²) in [6.45, 7) is 4.51. The summed E-state index contributed by atoms with van der Waals surface area (Å²) < 4.78 is 17.9. The highest BCUT2D eigenvalue weighted by Crippen LogP contribution is 2.78. The van der Waals surface area contributed by atoms with Crippen molar-refractivity contribution in [1.29, 1.82) is 0 Å². The number of methoxy groups -OCH3 is 1. The maximum absolute atomic E-state index is 13.0. The summed E-state index contributed by atoms with van der Waals surface area (Å²) in [7, 11) is 1.45. The van der Waals surface area contributed by atoms with Crippen molar-refractivity contribution in [1.82, 2.24) is 0 Å². The highest BCUT2D eigenvalue weighted by molar-refractivity contribution is 5.92. The Hall–Kier alpha value is -1.69. The lowest BCUT2D eigenvalue weighted by molar-refractivity contribution is -0.172. The summed E-state index contributed by atoms with van der Waals surface area (Å²) in [6.07, 6.45) is 7.61. The molecule has 0 bridgehead atoms. The van der Waals surface area contributed by atoms with Gasteiger partial charge < -0.3 is 14.2 Å². The molecule has 6 aliphatic rings. The van der Waals surface area contributed by atoms with E-state index in [9.17, 15) is 14.4 Å². The smallest absolute Gasteiger partial charge is 0.309 e. The van der Waals surface area contributed by atoms with Gasteiger partial charge in [-0.15, -0.1) is 0 Å². The van der Waals surface area contributed by atoms with E-state index in [2.05, 4.69) is 13.8 Å². The molecular weight excluding hydrogens is 384 g/mol. The van der Waals surface area contributed by atoms with E-state index >= 15 is 0 Å². The molecule has 0 amide bonds. The second-order valence-electron chi connectivity index (χ2n) is 11.0. The Kier molecular flexibility index (Phi) is 3.53. The van der Waals surface area contributed by atoms with Crippen LogP contribution in [-0.4, -0.2) is 42.1 Å². The summed E-state index contributed by atoms with van der Waals surface area (Å²) in [5, 5.41) is 0. The highest BCUT2D eigenvalue weighted by atomic mass is 16.6. The highest BCUT2D eigenvalue weighted by Gasteiger charge is 2.83. The van der Waals surface area contributed by atoms with E-state index in [-0.39, 0.29) is 52.4 Å². The number of carbonyl (C=O) groups excluding carboxylic acids is 3. The van der Waals surface area contributed by atoms with Crippen molar-refractivity contribution >= 4 is 17.7 Å². The standard InChI is InChI=1S/C24H30O6/c1-21-7-4-14(25)10-13(21)11-15(20(27)28-3)19-16-5-8-23(9-6-18(26)30-23)22(16,2)12-17-24(19,21)29-17/h10,15-17,19H,4-9,11-12H2,1-3H3/t15-,16?,17?,19?,21?,22?,23?,24-/m1/s1. The molecule has 6 unspecified atom stereocenters. The molecule has 2 aliphatic heterocycles. The zero-order valence-electron chi connectivity index (χ0n) is 18.0. The van der Waals surface area contributed by atoms with E-state index in [4.69, 9.17) is 14.2 Å². The number of epoxide rings is 1. The van der Waals surface area contributed by atoms with Gasteiger partial charge in [0.05, 0.1) is 19.1 Å². The normalized spacial score (nSPS) is 53.2. The van der Waals surface area contributed by atoms with Gasteiger partial charge in [0.2, 0.25) is 0 Å². The van der Waals surface area contributed by atoms with Gasteiger partial charge >= 0.3 is 11.9 Å². The van der Waals surface area contributed by atoms with Crippen LogP contribution in [0.2, 0.25) is 0 Å². The molecule has 5 fully saturated rings. The Morgan fingerprint density at radius 1 is 1.17 bits per heavy atom. The van der Waals surface area contributed by atoms with Gasteiger partial charge in [-0.05, 0) is 50.5 Å². The summed E-state index contributed by atoms with van der Waals surface area (Å²) in [5.74, 6) is -0.201. The minimum absolute atomic E-state index is 0.0303. The fraction of sp³-hybridized carbons (Fsp3) is 0.792. The van der Waals surface area contributed by atoms with Gasteiger partial charge in [-0.1, -0.05) is 19.4 Å². The molecular formula is C24H30O6. The number of ketones is 1. The Morgan fingerprint density at radius 3 is 2.67 bits per heavy atom. The average molecular weight is 414 g/mol. The molecule has 30 heavy (non-hydrogen) atoms. The molecule has 0 N–H and O–H groups in total. The fourth-order valence-electron chi connectivity index (χ4n) is 8.69. The second-order valence-corrected chi connectivity index (χ2v) is 11.0. The first-order chi connectivity index (χ1) is 14.2. The number of ether oxygens (including phenoxy) is 3. The third-order valence-corrected chi connectivity index (χ3v) is 10.2. The SMILES string of the molecule is COC(=O)[C@@H]1CC2=CC(=O)CCC2(C)[C@@]23OC2CC2(C)C(CCC24CCC(=O)O4)C13. The first-order valence-corrected chi connectivity index (χ1v) is 11.4. The summed E-state index contributed by atoms with van der Waals surface area (Å²) in [4.78, 5) is 37.4. The van der Waals surface area contributed by atoms with Crippen LogP contribution in [0.1, 0.15) is 65.2 Å². The van der Waals surface area contributed by atoms with E-state index in [1.165, 1.54) is 7.11 Å². The largest absolute Gasteiger partial charge is 0.469 e. The number of fused-ring (bicyclic) bond motifs is 4. The van der Waals surface area contributed by atoms with Crippen LogP contribution >= 0.6 is 0 Å². The minimum Gasteiger partial charge on any atom is -0.469 e. The van der Waals surface area contributed by atoms with Gasteiger partial charge in [-0.3, -0.25) is 14.4 Å². The molecule has 6 nitrogen and oxygen atoms in total. The summed E-state index contributed by atoms with van der Waals surface area (Å²) in [6, 6.07) is 0. The fourth-order valence-corrected chi connectivity index (χ4v) is 8.69. The third-order valence-electron chi connectivity index (χ3n) is 10.2. The number of rotatable bonds is 1. The van der Waals surface area contributed by atoms with Gasteiger partial charge in [0.15, 0.2) is 5.78 Å². The molecule has 3 saturated carbocycles. The maximum atomic E-state index is 13.0. The topological polar surface area (TPSA) is 82.2 Å². The van der Waals surface area contributed by atoms with Gasteiger partial charge in [-0.25, -0.2) is 0 Å². The van der Waals surface area contributed by atoms with Crippen LogP contribution in [0, 0.1) is 28.6 Å². The van der Waals surface area contributed by atoms with Crippen molar-refractivity contribution in [3.05, 3.63) is 11.6 Å². The summed E-state index contributed by atoms with van der Waals surface area (Å²) >= 11 is 0. The van der Waals surface area contributed by atoms with Crippen molar-refractivity contribution in [2.75, 3.05) is 7.11 Å². The van der Waals surface area contributed by atoms with Crippen molar-refractivity contribution in [2.45, 2.75) is 82.5 Å². The minimum atomic E-state index is -0.424. The van der Waals surface area contributed by atoms with E-state index < -0.39 is 11.2 Å². The predicted octanol–water partition coefficient (Wildman–Crippen LogP) is 3.12. The molecule has 0 aromatic rings. The van der Waals surface area contributed by atoms with Crippen LogP contribution in [0.4, 0.5) is 0 Å². The van der Waals surface area contributed by atoms with Crippen LogP contribution < -0.4 is 0 Å². The molecule has 0 aromatic heterocycles. The van der Waals surface area contributed by atoms with Crippen LogP contribution in [0.25, 0.3) is 0 Å². The Bertz CT molecular complexity index is 907. The predicted molar refractivity (Wildman–Crippen MR) is 105 cm³/mol. The molecule has 162 valence electrons. The quantitative estimate of drug-likeness (QED) is 0.484. The van der Waals surface area contributed by atoms with Crippen LogP contribution in [0.15, 0.2) is 11.6 Å². The zero-order chi connectivity index (χ0) is 21.1. The number of hydrogen-bond donors (Lipinski definition) is 0. The number of hydrogen-bond acceptors (Lipinski definition) is 6. The van der Waals surface area contributed by atoms with Gasteiger partial charge in [0.25, 0.3) is 0 Å². The monoisotopic (exact) mass is 414 g/mol. The average Bonchev–Trinajstić information content (AvgIpc) is 3.20. The number of carbonyl (C=O) groups is 3. The van der Waals surface area contributed by atoms with Gasteiger partial charge in [0.1, 0.15) is 11.2 Å². The Balaban J connectivity index is 1.49. The Labute approximate surface area is 176 Å². The van der Waals surface area contributed by atoms with Gasteiger partial charge in [-0.2, -0.15) is 0 Å². The molecule has 4 aliphatic carbocycles.